The minimum atomic E-state index is -5.07. The smallest absolute Gasteiger partial charge is 0.390 e. The van der Waals surface area contributed by atoms with Gasteiger partial charge in [-0.15, -0.1) is 0 Å². The largest absolute Gasteiger partial charge is 0.396 e. The molecule has 0 radical (unpaired) electrons. The summed E-state index contributed by atoms with van der Waals surface area (Å²) in [7, 11) is -2.60. The van der Waals surface area contributed by atoms with Crippen LogP contribution in [0.25, 0.3) is 0 Å². The molecule has 1 N–H and O–H groups in total. The fourth-order valence-corrected chi connectivity index (χ4v) is 2.51. The summed E-state index contributed by atoms with van der Waals surface area (Å²) in [5.41, 5.74) is 0. The topological polar surface area (TPSA) is 72.8 Å². The van der Waals surface area contributed by atoms with Gasteiger partial charge >= 0.3 is 15.4 Å². The van der Waals surface area contributed by atoms with Crippen molar-refractivity contribution in [1.82, 2.24) is 0 Å². The van der Waals surface area contributed by atoms with Crippen molar-refractivity contribution in [3.8, 4) is 0 Å². The number of rotatable bonds is 7. The Hall–Kier alpha value is -0.440. The molecule has 1 fully saturated rings. The van der Waals surface area contributed by atoms with E-state index in [2.05, 4.69) is 16.0 Å². The lowest BCUT2D eigenvalue weighted by Gasteiger charge is -2.26. The van der Waals surface area contributed by atoms with Crippen LogP contribution >= 0.6 is 0 Å². The van der Waals surface area contributed by atoms with Gasteiger partial charge in [0.25, 0.3) is 0 Å². The lowest BCUT2D eigenvalue weighted by molar-refractivity contribution is -0.0606. The monoisotopic (exact) mass is 301 g/mol. The van der Waals surface area contributed by atoms with Gasteiger partial charge in [-0.3, -0.25) is 0 Å². The number of hydrogen-bond donors (Lipinski definition) is 1. The molecule has 0 amide bonds. The average Bonchev–Trinajstić information content (AvgIpc) is 2.39. The van der Waals surface area contributed by atoms with Crippen LogP contribution < -0.4 is 0 Å². The Bertz CT molecular complexity index is 365. The van der Waals surface area contributed by atoms with Crippen LogP contribution in [0.4, 0.5) is 8.78 Å². The second kappa shape index (κ2) is 6.83. The Morgan fingerprint density at radius 3 is 2.42 bits per heavy atom. The summed E-state index contributed by atoms with van der Waals surface area (Å²) < 4.78 is 56.0. The van der Waals surface area contributed by atoms with E-state index < -0.39 is 28.1 Å². The molecule has 5 nitrogen and oxygen atoms in total. The molecular weight excluding hydrogens is 282 g/mol. The van der Waals surface area contributed by atoms with E-state index in [9.17, 15) is 22.3 Å². The van der Waals surface area contributed by atoms with Gasteiger partial charge in [0, 0.05) is 0 Å². The maximum absolute atomic E-state index is 13.1. The molecule has 8 heteroatoms. The summed E-state index contributed by atoms with van der Waals surface area (Å²) in [5, 5.41) is 5.60. The van der Waals surface area contributed by atoms with Crippen LogP contribution in [0.2, 0.25) is 0 Å². The zero-order valence-corrected chi connectivity index (χ0v) is 11.4. The number of ether oxygens (including phenoxy) is 1. The summed E-state index contributed by atoms with van der Waals surface area (Å²) in [6, 6.07) is 0. The third-order valence-corrected chi connectivity index (χ3v) is 4.43. The third-order valence-electron chi connectivity index (χ3n) is 3.27. The number of alkyl halides is 2. The lowest BCUT2D eigenvalue weighted by Crippen LogP contribution is -2.36. The summed E-state index contributed by atoms with van der Waals surface area (Å²) >= 11 is 0. The number of halogens is 2. The molecule has 0 aliphatic heterocycles. The van der Waals surface area contributed by atoms with Crippen LogP contribution in [0.5, 0.6) is 0 Å². The molecule has 1 atom stereocenters. The van der Waals surface area contributed by atoms with Gasteiger partial charge < -0.3 is 9.84 Å². The van der Waals surface area contributed by atoms with Crippen molar-refractivity contribution in [2.45, 2.75) is 43.5 Å². The standard InChI is InChI=1S/C11H19F2O5S/c1-17-19(15,16)11(12,13)8-18-7-10(14)9-5-3-2-4-6-9/h9-10,14H,1-8H2/q+1. The van der Waals surface area contributed by atoms with Gasteiger partial charge in [0.05, 0.1) is 12.7 Å². The van der Waals surface area contributed by atoms with E-state index in [-0.39, 0.29) is 12.5 Å². The number of hydrogen-bond acceptors (Lipinski definition) is 5. The Balaban J connectivity index is 2.37. The van der Waals surface area contributed by atoms with Crippen LogP contribution in [0, 0.1) is 13.0 Å². The van der Waals surface area contributed by atoms with E-state index >= 15 is 0 Å². The van der Waals surface area contributed by atoms with Crippen LogP contribution in [0.1, 0.15) is 32.1 Å². The van der Waals surface area contributed by atoms with E-state index in [1.165, 1.54) is 0 Å². The SMILES string of the molecule is [CH2+]OS(=O)(=O)C(F)(F)COCC(O)C1CCCCC1. The van der Waals surface area contributed by atoms with E-state index in [0.717, 1.165) is 32.1 Å². The number of aliphatic hydroxyl groups excluding tert-OH is 1. The fraction of sp³-hybridized carbons (Fsp3) is 0.909. The predicted octanol–water partition coefficient (Wildman–Crippen LogP) is 1.67. The maximum atomic E-state index is 13.1. The summed E-state index contributed by atoms with van der Waals surface area (Å²) in [4.78, 5) is 0. The first-order chi connectivity index (χ1) is 8.80. The van der Waals surface area contributed by atoms with Crippen molar-refractivity contribution in [1.29, 1.82) is 0 Å². The normalized spacial score (nSPS) is 20.4. The molecule has 0 aromatic rings. The quantitative estimate of drug-likeness (QED) is 0.572. The summed E-state index contributed by atoms with van der Waals surface area (Å²) in [6.07, 6.45) is 3.94. The van der Waals surface area contributed by atoms with E-state index in [1.807, 2.05) is 0 Å². The Morgan fingerprint density at radius 2 is 1.89 bits per heavy atom. The minimum absolute atomic E-state index is 0.0306. The van der Waals surface area contributed by atoms with Gasteiger partial charge in [-0.2, -0.15) is 17.2 Å². The Kier molecular flexibility index (Phi) is 5.97. The van der Waals surface area contributed by atoms with Gasteiger partial charge in [-0.25, -0.2) is 0 Å². The molecule has 0 heterocycles. The molecule has 1 aliphatic rings. The molecular formula is C11H19F2O5S+. The van der Waals surface area contributed by atoms with Crippen LogP contribution in [0.3, 0.4) is 0 Å². The second-order valence-electron chi connectivity index (χ2n) is 4.69. The number of aliphatic hydroxyl groups is 1. The van der Waals surface area contributed by atoms with E-state index in [1.54, 1.807) is 0 Å². The summed E-state index contributed by atoms with van der Waals surface area (Å²) in [5.74, 6) is 0.0306. The average molecular weight is 301 g/mol. The van der Waals surface area contributed by atoms with Crippen LogP contribution in [-0.2, 0) is 19.0 Å². The first-order valence-corrected chi connectivity index (χ1v) is 7.53. The van der Waals surface area contributed by atoms with Crippen molar-refractivity contribution in [2.24, 2.45) is 5.92 Å². The highest BCUT2D eigenvalue weighted by molar-refractivity contribution is 7.87. The van der Waals surface area contributed by atoms with Crippen molar-refractivity contribution >= 4 is 10.1 Å². The molecule has 1 unspecified atom stereocenters. The molecule has 0 bridgehead atoms. The van der Waals surface area contributed by atoms with Gasteiger partial charge in [-0.05, 0) is 18.8 Å². The zero-order chi connectivity index (χ0) is 14.5. The van der Waals surface area contributed by atoms with Crippen LogP contribution in [0.15, 0.2) is 0 Å². The first kappa shape index (κ1) is 16.6. The third kappa shape index (κ3) is 4.55. The zero-order valence-electron chi connectivity index (χ0n) is 10.6. The molecule has 1 saturated carbocycles. The minimum Gasteiger partial charge on any atom is -0.390 e. The maximum Gasteiger partial charge on any atom is 0.396 e. The Morgan fingerprint density at radius 1 is 1.32 bits per heavy atom. The van der Waals surface area contributed by atoms with Gasteiger partial charge in [0.1, 0.15) is 6.61 Å². The highest BCUT2D eigenvalue weighted by Gasteiger charge is 2.48. The molecule has 1 rings (SSSR count). The lowest BCUT2D eigenvalue weighted by atomic mass is 9.85. The van der Waals surface area contributed by atoms with Gasteiger partial charge in [0.15, 0.2) is 0 Å². The van der Waals surface area contributed by atoms with E-state index in [0.29, 0.717) is 0 Å². The van der Waals surface area contributed by atoms with Gasteiger partial charge in [0.2, 0.25) is 7.11 Å². The van der Waals surface area contributed by atoms with Crippen molar-refractivity contribution < 1.29 is 31.2 Å². The first-order valence-electron chi connectivity index (χ1n) is 6.12. The van der Waals surface area contributed by atoms with Gasteiger partial charge in [-0.1, -0.05) is 23.4 Å². The van der Waals surface area contributed by atoms with Crippen molar-refractivity contribution in [3.05, 3.63) is 7.11 Å². The van der Waals surface area contributed by atoms with Crippen molar-refractivity contribution in [3.63, 3.8) is 0 Å². The molecule has 1 aliphatic carbocycles. The Labute approximate surface area is 112 Å². The summed E-state index contributed by atoms with van der Waals surface area (Å²) in [6.45, 7) is -1.67. The molecule has 0 aromatic carbocycles. The molecule has 19 heavy (non-hydrogen) atoms. The molecule has 0 spiro atoms. The predicted molar refractivity (Wildman–Crippen MR) is 63.7 cm³/mol. The highest BCUT2D eigenvalue weighted by atomic mass is 32.2. The molecule has 112 valence electrons. The second-order valence-corrected chi connectivity index (χ2v) is 6.43. The van der Waals surface area contributed by atoms with E-state index in [4.69, 9.17) is 0 Å². The molecule has 0 saturated heterocycles. The van der Waals surface area contributed by atoms with Crippen molar-refractivity contribution in [2.75, 3.05) is 13.2 Å². The molecule has 0 aromatic heterocycles. The highest BCUT2D eigenvalue weighted by Crippen LogP contribution is 2.27. The van der Waals surface area contributed by atoms with Crippen LogP contribution in [-0.4, -0.2) is 38.1 Å². The fourth-order valence-electron chi connectivity index (χ4n) is 2.11.